The van der Waals surface area contributed by atoms with Gasteiger partial charge in [0.05, 0.1) is 17.6 Å². The molecule has 29 heavy (non-hydrogen) atoms. The number of benzene rings is 1. The van der Waals surface area contributed by atoms with Crippen LogP contribution in [-0.2, 0) is 11.3 Å². The molecule has 0 saturated carbocycles. The third-order valence-corrected chi connectivity index (χ3v) is 7.14. The van der Waals surface area contributed by atoms with Gasteiger partial charge in [-0.2, -0.15) is 0 Å². The second-order valence-electron chi connectivity index (χ2n) is 7.33. The molecular weight excluding hydrogens is 404 g/mol. The third-order valence-electron chi connectivity index (χ3n) is 5.28. The molecule has 1 N–H and O–H groups in total. The van der Waals surface area contributed by atoms with Crippen molar-refractivity contribution >= 4 is 45.2 Å². The summed E-state index contributed by atoms with van der Waals surface area (Å²) in [6, 6.07) is 8.32. The van der Waals surface area contributed by atoms with E-state index in [1.165, 1.54) is 16.9 Å². The first-order valence-corrected chi connectivity index (χ1v) is 11.8. The van der Waals surface area contributed by atoms with Gasteiger partial charge in [0.25, 0.3) is 0 Å². The predicted octanol–water partition coefficient (Wildman–Crippen LogP) is 3.66. The van der Waals surface area contributed by atoms with Gasteiger partial charge in [0, 0.05) is 6.54 Å². The summed E-state index contributed by atoms with van der Waals surface area (Å²) < 4.78 is 3.23. The maximum absolute atomic E-state index is 12.3. The van der Waals surface area contributed by atoms with Gasteiger partial charge in [0.2, 0.25) is 11.0 Å². The standard InChI is InChI=1S/C20H26N6OS2/c1-3-28-20-24-23-19(29-20)22-18(27)13-25-10-8-15(9-11-25)12-26-14(2)21-16-6-4-5-7-17(16)26/h4-7,15H,3,8-13H2,1-2H3,(H,22,23,27). The fraction of sp³-hybridized carbons (Fsp3) is 0.500. The lowest BCUT2D eigenvalue weighted by Gasteiger charge is -2.31. The van der Waals surface area contributed by atoms with Crippen LogP contribution >= 0.6 is 23.1 Å². The quantitative estimate of drug-likeness (QED) is 0.455. The van der Waals surface area contributed by atoms with Crippen LogP contribution in [0.1, 0.15) is 25.6 Å². The van der Waals surface area contributed by atoms with Crippen LogP contribution < -0.4 is 5.32 Å². The fourth-order valence-electron chi connectivity index (χ4n) is 3.82. The molecule has 0 unspecified atom stereocenters. The molecule has 0 bridgehead atoms. The number of hydrogen-bond donors (Lipinski definition) is 1. The molecule has 1 aromatic carbocycles. The number of piperidine rings is 1. The Kier molecular flexibility index (Phi) is 6.46. The number of amides is 1. The van der Waals surface area contributed by atoms with E-state index in [4.69, 9.17) is 0 Å². The summed E-state index contributed by atoms with van der Waals surface area (Å²) in [5.41, 5.74) is 2.28. The number of nitrogens with one attached hydrogen (secondary N) is 1. The summed E-state index contributed by atoms with van der Waals surface area (Å²) >= 11 is 3.07. The zero-order valence-electron chi connectivity index (χ0n) is 16.8. The first-order chi connectivity index (χ1) is 14.1. The van der Waals surface area contributed by atoms with E-state index in [1.807, 2.05) is 6.07 Å². The van der Waals surface area contributed by atoms with Gasteiger partial charge in [-0.3, -0.25) is 15.0 Å². The number of para-hydroxylation sites is 2. The summed E-state index contributed by atoms with van der Waals surface area (Å²) in [4.78, 5) is 19.2. The first-order valence-electron chi connectivity index (χ1n) is 10.0. The maximum Gasteiger partial charge on any atom is 0.240 e. The average molecular weight is 431 g/mol. The van der Waals surface area contributed by atoms with Crippen LogP contribution in [0.3, 0.4) is 0 Å². The molecule has 0 spiro atoms. The zero-order valence-corrected chi connectivity index (χ0v) is 18.4. The molecule has 154 valence electrons. The minimum absolute atomic E-state index is 0.0101. The van der Waals surface area contributed by atoms with Gasteiger partial charge in [0.1, 0.15) is 5.82 Å². The Morgan fingerprint density at radius 1 is 1.28 bits per heavy atom. The van der Waals surface area contributed by atoms with Gasteiger partial charge in [-0.15, -0.1) is 10.2 Å². The Labute approximate surface area is 178 Å². The molecule has 0 atom stereocenters. The van der Waals surface area contributed by atoms with Crippen LogP contribution in [0.25, 0.3) is 11.0 Å². The number of likely N-dealkylation sites (tertiary alicyclic amines) is 1. The second-order valence-corrected chi connectivity index (χ2v) is 9.82. The van der Waals surface area contributed by atoms with Crippen LogP contribution in [0.5, 0.6) is 0 Å². The van der Waals surface area contributed by atoms with Gasteiger partial charge >= 0.3 is 0 Å². The van der Waals surface area contributed by atoms with Crippen LogP contribution in [0, 0.1) is 12.8 Å². The van der Waals surface area contributed by atoms with Crippen molar-refractivity contribution in [2.24, 2.45) is 5.92 Å². The van der Waals surface area contributed by atoms with E-state index in [2.05, 4.69) is 62.0 Å². The molecule has 9 heteroatoms. The van der Waals surface area contributed by atoms with E-state index >= 15 is 0 Å². The van der Waals surface area contributed by atoms with Gasteiger partial charge < -0.3 is 4.57 Å². The molecule has 3 heterocycles. The molecule has 0 radical (unpaired) electrons. The third kappa shape index (κ3) is 4.96. The normalized spacial score (nSPS) is 15.8. The van der Waals surface area contributed by atoms with Crippen molar-refractivity contribution in [1.82, 2.24) is 24.6 Å². The molecule has 3 aromatic rings. The number of aryl methyl sites for hydroxylation is 1. The van der Waals surface area contributed by atoms with Crippen molar-refractivity contribution in [2.75, 3.05) is 30.7 Å². The highest BCUT2D eigenvalue weighted by atomic mass is 32.2. The highest BCUT2D eigenvalue weighted by Crippen LogP contribution is 2.26. The highest BCUT2D eigenvalue weighted by molar-refractivity contribution is 8.01. The lowest BCUT2D eigenvalue weighted by molar-refractivity contribution is -0.117. The Morgan fingerprint density at radius 3 is 2.86 bits per heavy atom. The van der Waals surface area contributed by atoms with E-state index in [0.29, 0.717) is 17.6 Å². The summed E-state index contributed by atoms with van der Waals surface area (Å²) in [7, 11) is 0. The van der Waals surface area contributed by atoms with Crippen LogP contribution in [0.2, 0.25) is 0 Å². The first kappa shape index (κ1) is 20.3. The summed E-state index contributed by atoms with van der Waals surface area (Å²) in [5.74, 6) is 2.63. The van der Waals surface area contributed by atoms with Crippen molar-refractivity contribution < 1.29 is 4.79 Å². The number of hydrogen-bond acceptors (Lipinski definition) is 7. The lowest BCUT2D eigenvalue weighted by Crippen LogP contribution is -2.40. The average Bonchev–Trinajstić information content (AvgIpc) is 3.27. The Hall–Kier alpha value is -1.97. The number of carbonyl (C=O) groups excluding carboxylic acids is 1. The maximum atomic E-state index is 12.3. The van der Waals surface area contributed by atoms with Gasteiger partial charge in [-0.1, -0.05) is 42.2 Å². The lowest BCUT2D eigenvalue weighted by atomic mass is 9.96. The molecule has 1 saturated heterocycles. The molecule has 1 aliphatic rings. The minimum atomic E-state index is -0.0101. The van der Waals surface area contributed by atoms with Crippen molar-refractivity contribution in [3.05, 3.63) is 30.1 Å². The van der Waals surface area contributed by atoms with Crippen molar-refractivity contribution in [2.45, 2.75) is 37.6 Å². The van der Waals surface area contributed by atoms with Crippen LogP contribution in [-0.4, -0.2) is 55.9 Å². The number of imidazole rings is 1. The highest BCUT2D eigenvalue weighted by Gasteiger charge is 2.22. The van der Waals surface area contributed by atoms with E-state index in [-0.39, 0.29) is 5.91 Å². The van der Waals surface area contributed by atoms with Gasteiger partial charge in [-0.05, 0) is 56.7 Å². The van der Waals surface area contributed by atoms with Gasteiger partial charge in [-0.25, -0.2) is 4.98 Å². The SMILES string of the molecule is CCSc1nnc(NC(=O)CN2CCC(Cn3c(C)nc4ccccc43)CC2)s1. The molecule has 1 amide bonds. The summed E-state index contributed by atoms with van der Waals surface area (Å²) in [6.45, 7) is 7.44. The molecule has 0 aliphatic carbocycles. The molecule has 1 fully saturated rings. The number of rotatable bonds is 7. The Morgan fingerprint density at radius 2 is 2.07 bits per heavy atom. The Bertz CT molecular complexity index is 976. The number of aromatic nitrogens is 4. The van der Waals surface area contributed by atoms with Crippen molar-refractivity contribution in [1.29, 1.82) is 0 Å². The van der Waals surface area contributed by atoms with E-state index < -0.39 is 0 Å². The molecule has 7 nitrogen and oxygen atoms in total. The molecule has 1 aliphatic heterocycles. The van der Waals surface area contributed by atoms with E-state index in [9.17, 15) is 4.79 Å². The second kappa shape index (κ2) is 9.23. The minimum Gasteiger partial charge on any atom is -0.328 e. The fourth-order valence-corrected chi connectivity index (χ4v) is 5.48. The number of thioether (sulfide) groups is 1. The van der Waals surface area contributed by atoms with Crippen molar-refractivity contribution in [3.63, 3.8) is 0 Å². The summed E-state index contributed by atoms with van der Waals surface area (Å²) in [6.07, 6.45) is 2.19. The molecule has 2 aromatic heterocycles. The topological polar surface area (TPSA) is 75.9 Å². The largest absolute Gasteiger partial charge is 0.328 e. The van der Waals surface area contributed by atoms with E-state index in [1.54, 1.807) is 11.8 Å². The number of fused-ring (bicyclic) bond motifs is 1. The molecular formula is C20H26N6OS2. The number of carbonyl (C=O) groups is 1. The predicted molar refractivity (Wildman–Crippen MR) is 119 cm³/mol. The molecule has 4 rings (SSSR count). The monoisotopic (exact) mass is 430 g/mol. The van der Waals surface area contributed by atoms with Crippen LogP contribution in [0.4, 0.5) is 5.13 Å². The number of nitrogens with zero attached hydrogens (tertiary/aromatic N) is 5. The van der Waals surface area contributed by atoms with E-state index in [0.717, 1.165) is 53.9 Å². The van der Waals surface area contributed by atoms with Gasteiger partial charge in [0.15, 0.2) is 4.34 Å². The smallest absolute Gasteiger partial charge is 0.240 e. The summed E-state index contributed by atoms with van der Waals surface area (Å²) in [5, 5.41) is 11.6. The Balaban J connectivity index is 1.26. The van der Waals surface area contributed by atoms with Crippen molar-refractivity contribution in [3.8, 4) is 0 Å². The number of anilines is 1. The van der Waals surface area contributed by atoms with Crippen LogP contribution in [0.15, 0.2) is 28.6 Å². The zero-order chi connectivity index (χ0) is 20.2.